The molecule has 4 nitrogen and oxygen atoms in total. The maximum absolute atomic E-state index is 12.8. The molecule has 0 aromatic heterocycles. The summed E-state index contributed by atoms with van der Waals surface area (Å²) >= 11 is 0. The molecule has 0 bridgehead atoms. The molecule has 2 N–H and O–H groups in total. The molecule has 1 rings (SSSR count). The molecule has 0 heterocycles. The molecule has 1 saturated carbocycles. The Bertz CT molecular complexity index is 329. The molecule has 1 aliphatic rings. The van der Waals surface area contributed by atoms with Gasteiger partial charge in [0.15, 0.2) is 0 Å². The van der Waals surface area contributed by atoms with Gasteiger partial charge >= 0.3 is 0 Å². The van der Waals surface area contributed by atoms with Crippen LogP contribution in [0.15, 0.2) is 0 Å². The van der Waals surface area contributed by atoms with E-state index in [2.05, 4.69) is 27.7 Å². The molecular formula is C16H32N2O2. The highest BCUT2D eigenvalue weighted by Gasteiger charge is 2.53. The van der Waals surface area contributed by atoms with Gasteiger partial charge in [0.05, 0.1) is 11.5 Å². The lowest BCUT2D eigenvalue weighted by Gasteiger charge is -2.56. The van der Waals surface area contributed by atoms with Gasteiger partial charge in [-0.15, -0.1) is 0 Å². The second-order valence-electron chi connectivity index (χ2n) is 6.62. The van der Waals surface area contributed by atoms with E-state index >= 15 is 0 Å². The van der Waals surface area contributed by atoms with Crippen molar-refractivity contribution in [1.29, 1.82) is 0 Å². The van der Waals surface area contributed by atoms with Crippen molar-refractivity contribution in [1.82, 2.24) is 4.90 Å². The smallest absolute Gasteiger partial charge is 0.230 e. The van der Waals surface area contributed by atoms with Crippen LogP contribution in [0.5, 0.6) is 0 Å². The Morgan fingerprint density at radius 3 is 2.25 bits per heavy atom. The van der Waals surface area contributed by atoms with Crippen LogP contribution in [0.25, 0.3) is 0 Å². The molecule has 0 aromatic rings. The molecular weight excluding hydrogens is 252 g/mol. The molecule has 0 saturated heterocycles. The lowest BCUT2D eigenvalue weighted by atomic mass is 9.63. The summed E-state index contributed by atoms with van der Waals surface area (Å²) in [5.41, 5.74) is 5.51. The van der Waals surface area contributed by atoms with Crippen LogP contribution in [0.2, 0.25) is 0 Å². The van der Waals surface area contributed by atoms with Crippen LogP contribution >= 0.6 is 0 Å². The first kappa shape index (κ1) is 17.4. The molecule has 2 atom stereocenters. The minimum absolute atomic E-state index is 0.0161. The van der Waals surface area contributed by atoms with Crippen LogP contribution in [0.4, 0.5) is 0 Å². The Labute approximate surface area is 124 Å². The van der Waals surface area contributed by atoms with E-state index in [1.54, 1.807) is 0 Å². The maximum Gasteiger partial charge on any atom is 0.230 e. The monoisotopic (exact) mass is 284 g/mol. The van der Waals surface area contributed by atoms with E-state index in [1.807, 2.05) is 18.9 Å². The minimum atomic E-state index is -0.401. The van der Waals surface area contributed by atoms with Gasteiger partial charge in [0.1, 0.15) is 0 Å². The van der Waals surface area contributed by atoms with Crippen LogP contribution in [0.1, 0.15) is 53.9 Å². The predicted octanol–water partition coefficient (Wildman–Crippen LogP) is 2.41. The second-order valence-corrected chi connectivity index (χ2v) is 6.62. The molecule has 20 heavy (non-hydrogen) atoms. The van der Waals surface area contributed by atoms with Gasteiger partial charge in [-0.2, -0.15) is 0 Å². The number of nitrogens with two attached hydrogens (primary N) is 1. The summed E-state index contributed by atoms with van der Waals surface area (Å²) in [6, 6.07) is 0.246. The van der Waals surface area contributed by atoms with Gasteiger partial charge < -0.3 is 15.4 Å². The number of amides is 1. The summed E-state index contributed by atoms with van der Waals surface area (Å²) in [7, 11) is 1.92. The molecule has 0 spiro atoms. The Morgan fingerprint density at radius 2 is 1.90 bits per heavy atom. The third kappa shape index (κ3) is 2.73. The maximum atomic E-state index is 12.8. The number of ether oxygens (including phenoxy) is 1. The Kier molecular flexibility index (Phi) is 5.61. The van der Waals surface area contributed by atoms with Gasteiger partial charge in [-0.1, -0.05) is 27.7 Å². The summed E-state index contributed by atoms with van der Waals surface area (Å²) in [6.07, 6.45) is 2.77. The average molecular weight is 284 g/mol. The molecule has 118 valence electrons. The normalized spacial score (nSPS) is 25.1. The predicted molar refractivity (Wildman–Crippen MR) is 82.4 cm³/mol. The Morgan fingerprint density at radius 1 is 1.35 bits per heavy atom. The van der Waals surface area contributed by atoms with Gasteiger partial charge in [0.2, 0.25) is 5.91 Å². The molecule has 0 aromatic carbocycles. The third-order valence-corrected chi connectivity index (χ3v) is 5.48. The summed E-state index contributed by atoms with van der Waals surface area (Å²) in [4.78, 5) is 14.8. The van der Waals surface area contributed by atoms with Crippen molar-refractivity contribution in [2.75, 3.05) is 20.2 Å². The van der Waals surface area contributed by atoms with Gasteiger partial charge in [0, 0.05) is 31.7 Å². The number of carbonyl (C=O) groups is 1. The van der Waals surface area contributed by atoms with Crippen molar-refractivity contribution in [2.45, 2.75) is 66.0 Å². The van der Waals surface area contributed by atoms with E-state index in [1.165, 1.54) is 0 Å². The lowest BCUT2D eigenvalue weighted by Crippen LogP contribution is -2.64. The topological polar surface area (TPSA) is 55.6 Å². The zero-order chi connectivity index (χ0) is 15.6. The first-order valence-corrected chi connectivity index (χ1v) is 7.89. The minimum Gasteiger partial charge on any atom is -0.378 e. The van der Waals surface area contributed by atoms with E-state index in [4.69, 9.17) is 10.5 Å². The van der Waals surface area contributed by atoms with Crippen molar-refractivity contribution >= 4 is 5.91 Å². The van der Waals surface area contributed by atoms with Gasteiger partial charge in [-0.05, 0) is 26.2 Å². The highest BCUT2D eigenvalue weighted by molar-refractivity contribution is 5.83. The fraction of sp³-hybridized carbons (Fsp3) is 0.938. The van der Waals surface area contributed by atoms with Crippen molar-refractivity contribution in [3.8, 4) is 0 Å². The quantitative estimate of drug-likeness (QED) is 0.781. The number of hydrogen-bond acceptors (Lipinski definition) is 3. The second kappa shape index (κ2) is 6.44. The molecule has 0 aliphatic heterocycles. The van der Waals surface area contributed by atoms with Crippen molar-refractivity contribution in [3.05, 3.63) is 0 Å². The SMILES string of the molecule is CCOC1CC(N(C)C(=O)C(CC)(CC)CN)C1(C)C. The fourth-order valence-corrected chi connectivity index (χ4v) is 3.45. The molecule has 1 aliphatic carbocycles. The zero-order valence-corrected chi connectivity index (χ0v) is 14.0. The zero-order valence-electron chi connectivity index (χ0n) is 14.0. The summed E-state index contributed by atoms with van der Waals surface area (Å²) in [5, 5.41) is 0. The Balaban J connectivity index is 2.81. The van der Waals surface area contributed by atoms with E-state index in [0.29, 0.717) is 6.54 Å². The fourth-order valence-electron chi connectivity index (χ4n) is 3.45. The van der Waals surface area contributed by atoms with Gasteiger partial charge in [-0.25, -0.2) is 0 Å². The number of nitrogens with zero attached hydrogens (tertiary/aromatic N) is 1. The molecule has 1 fully saturated rings. The van der Waals surface area contributed by atoms with Gasteiger partial charge in [0.25, 0.3) is 0 Å². The first-order chi connectivity index (χ1) is 9.30. The standard InChI is InChI=1S/C16H32N2O2/c1-7-16(8-2,11-17)14(19)18(6)12-10-13(20-9-3)15(12,4)5/h12-13H,7-11,17H2,1-6H3. The van der Waals surface area contributed by atoms with Gasteiger partial charge in [-0.3, -0.25) is 4.79 Å². The highest BCUT2D eigenvalue weighted by Crippen LogP contribution is 2.46. The van der Waals surface area contributed by atoms with Crippen LogP contribution in [-0.4, -0.2) is 43.2 Å². The van der Waals surface area contributed by atoms with Crippen LogP contribution in [-0.2, 0) is 9.53 Å². The molecule has 0 radical (unpaired) electrons. The van der Waals surface area contributed by atoms with E-state index in [9.17, 15) is 4.79 Å². The Hall–Kier alpha value is -0.610. The average Bonchev–Trinajstić information content (AvgIpc) is 2.44. The lowest BCUT2D eigenvalue weighted by molar-refractivity contribution is -0.171. The number of hydrogen-bond donors (Lipinski definition) is 1. The number of rotatable bonds is 7. The van der Waals surface area contributed by atoms with Crippen molar-refractivity contribution in [2.24, 2.45) is 16.6 Å². The van der Waals surface area contributed by atoms with Crippen molar-refractivity contribution in [3.63, 3.8) is 0 Å². The van der Waals surface area contributed by atoms with E-state index < -0.39 is 5.41 Å². The summed E-state index contributed by atoms with van der Waals surface area (Å²) in [6.45, 7) is 11.7. The largest absolute Gasteiger partial charge is 0.378 e. The number of carbonyl (C=O) groups excluding carboxylic acids is 1. The first-order valence-electron chi connectivity index (χ1n) is 7.89. The molecule has 2 unspecified atom stereocenters. The van der Waals surface area contributed by atoms with E-state index in [-0.39, 0.29) is 23.5 Å². The van der Waals surface area contributed by atoms with Crippen LogP contribution in [0.3, 0.4) is 0 Å². The van der Waals surface area contributed by atoms with Crippen LogP contribution in [0, 0.1) is 10.8 Å². The molecule has 4 heteroatoms. The van der Waals surface area contributed by atoms with Crippen molar-refractivity contribution < 1.29 is 9.53 Å². The van der Waals surface area contributed by atoms with Crippen LogP contribution < -0.4 is 5.73 Å². The summed E-state index contributed by atoms with van der Waals surface area (Å²) in [5.74, 6) is 0.193. The van der Waals surface area contributed by atoms with E-state index in [0.717, 1.165) is 25.9 Å². The summed E-state index contributed by atoms with van der Waals surface area (Å²) < 4.78 is 5.76. The molecule has 1 amide bonds. The third-order valence-electron chi connectivity index (χ3n) is 5.48. The highest BCUT2D eigenvalue weighted by atomic mass is 16.5.